The summed E-state index contributed by atoms with van der Waals surface area (Å²) >= 11 is 6.50. The average Bonchev–Trinajstić information content (AvgIpc) is 3.30. The first-order chi connectivity index (χ1) is 15.4. The molecule has 4 N–H and O–H groups in total. The van der Waals surface area contributed by atoms with Crippen LogP contribution < -0.4 is 21.5 Å². The lowest BCUT2D eigenvalue weighted by molar-refractivity contribution is -0.115. The maximum Gasteiger partial charge on any atom is 0.269 e. The molecule has 0 unspecified atom stereocenters. The molecule has 7 nitrogen and oxygen atoms in total. The minimum Gasteiger partial charge on any atom is -0.322 e. The molecule has 0 fully saturated rings. The van der Waals surface area contributed by atoms with E-state index in [1.165, 1.54) is 17.4 Å². The second-order valence-corrected chi connectivity index (χ2v) is 8.03. The van der Waals surface area contributed by atoms with Crippen LogP contribution in [0.3, 0.4) is 0 Å². The molecule has 32 heavy (non-hydrogen) atoms. The fraction of sp³-hybridized carbons (Fsp3) is 0.0435. The van der Waals surface area contributed by atoms with Crippen LogP contribution >= 0.6 is 23.6 Å². The number of hydrazine groups is 1. The van der Waals surface area contributed by atoms with E-state index in [9.17, 15) is 14.4 Å². The van der Waals surface area contributed by atoms with Crippen LogP contribution in [0.15, 0.2) is 72.1 Å². The minimum absolute atomic E-state index is 0.0405. The Morgan fingerprint density at radius 3 is 2.38 bits per heavy atom. The molecular weight excluding hydrogens is 444 g/mol. The van der Waals surface area contributed by atoms with E-state index in [1.807, 2.05) is 36.6 Å². The Morgan fingerprint density at radius 2 is 1.69 bits per heavy atom. The number of hydrogen-bond acceptors (Lipinski definition) is 5. The highest BCUT2D eigenvalue weighted by Gasteiger charge is 2.09. The number of benzene rings is 2. The number of carbonyl (C=O) groups excluding carboxylic acids is 3. The van der Waals surface area contributed by atoms with Crippen molar-refractivity contribution < 1.29 is 14.4 Å². The molecule has 3 rings (SSSR count). The van der Waals surface area contributed by atoms with Gasteiger partial charge < -0.3 is 5.32 Å². The molecule has 1 heterocycles. The van der Waals surface area contributed by atoms with Crippen LogP contribution in [-0.2, 0) is 4.79 Å². The molecule has 0 atom stereocenters. The predicted octanol–water partition coefficient (Wildman–Crippen LogP) is 3.66. The quantitative estimate of drug-likeness (QED) is 0.262. The highest BCUT2D eigenvalue weighted by molar-refractivity contribution is 7.80. The topological polar surface area (TPSA) is 99.3 Å². The summed E-state index contributed by atoms with van der Waals surface area (Å²) in [6, 6.07) is 17.4. The highest BCUT2D eigenvalue weighted by atomic mass is 32.1. The molecule has 2 aromatic carbocycles. The number of nitrogens with one attached hydrogen (secondary N) is 4. The molecule has 0 saturated heterocycles. The first-order valence-electron chi connectivity index (χ1n) is 9.52. The molecule has 0 bridgehead atoms. The molecule has 162 valence electrons. The molecular formula is C23H20N4O3S2. The lowest BCUT2D eigenvalue weighted by atomic mass is 10.1. The van der Waals surface area contributed by atoms with Crippen LogP contribution in [0.5, 0.6) is 0 Å². The predicted molar refractivity (Wildman–Crippen MR) is 130 cm³/mol. The Labute approximate surface area is 194 Å². The van der Waals surface area contributed by atoms with E-state index in [0.717, 1.165) is 10.4 Å². The number of rotatable bonds is 5. The van der Waals surface area contributed by atoms with E-state index in [1.54, 1.807) is 42.5 Å². The molecule has 0 aliphatic heterocycles. The molecule has 1 aromatic heterocycles. The van der Waals surface area contributed by atoms with Gasteiger partial charge in [-0.3, -0.25) is 30.6 Å². The van der Waals surface area contributed by atoms with E-state index >= 15 is 0 Å². The van der Waals surface area contributed by atoms with Crippen molar-refractivity contribution in [1.82, 2.24) is 16.2 Å². The zero-order chi connectivity index (χ0) is 22.9. The summed E-state index contributed by atoms with van der Waals surface area (Å²) < 4.78 is 0. The Bertz CT molecular complexity index is 1160. The van der Waals surface area contributed by atoms with Crippen LogP contribution in [0, 0.1) is 6.92 Å². The van der Waals surface area contributed by atoms with Gasteiger partial charge in [-0.25, -0.2) is 0 Å². The standard InChI is InChI=1S/C23H20N4O3S2/c1-15-4-2-5-17(14-15)21(29)24-18-9-7-16(8-10-18)22(30)26-27-23(31)25-20(28)12-11-19-6-3-13-32-19/h2-14H,1H3,(H,24,29)(H,26,30)(H2,25,27,28,31). The normalized spacial score (nSPS) is 10.4. The third-order valence-corrected chi connectivity index (χ3v) is 5.20. The van der Waals surface area contributed by atoms with Gasteiger partial charge in [0.05, 0.1) is 0 Å². The summed E-state index contributed by atoms with van der Waals surface area (Å²) in [6.07, 6.45) is 3.02. The summed E-state index contributed by atoms with van der Waals surface area (Å²) in [5.74, 6) is -1.10. The lowest BCUT2D eigenvalue weighted by Crippen LogP contribution is -2.48. The summed E-state index contributed by atoms with van der Waals surface area (Å²) in [6.45, 7) is 1.91. The van der Waals surface area contributed by atoms with Gasteiger partial charge in [-0.2, -0.15) is 0 Å². The summed E-state index contributed by atoms with van der Waals surface area (Å²) in [4.78, 5) is 37.4. The number of thiophene rings is 1. The van der Waals surface area contributed by atoms with Crippen LogP contribution in [0.1, 0.15) is 31.2 Å². The van der Waals surface area contributed by atoms with Gasteiger partial charge in [0, 0.05) is 27.8 Å². The first kappa shape index (κ1) is 22.9. The number of amides is 3. The smallest absolute Gasteiger partial charge is 0.269 e. The van der Waals surface area contributed by atoms with Crippen molar-refractivity contribution in [2.75, 3.05) is 5.32 Å². The van der Waals surface area contributed by atoms with Gasteiger partial charge in [-0.15, -0.1) is 11.3 Å². The third-order valence-electron chi connectivity index (χ3n) is 4.15. The van der Waals surface area contributed by atoms with Crippen molar-refractivity contribution in [1.29, 1.82) is 0 Å². The highest BCUT2D eigenvalue weighted by Crippen LogP contribution is 2.12. The Hall–Kier alpha value is -3.82. The van der Waals surface area contributed by atoms with E-state index in [-0.39, 0.29) is 11.0 Å². The fourth-order valence-corrected chi connectivity index (χ4v) is 3.38. The monoisotopic (exact) mass is 464 g/mol. The summed E-state index contributed by atoms with van der Waals surface area (Å²) in [5, 5.41) is 7.09. The summed E-state index contributed by atoms with van der Waals surface area (Å²) in [5.41, 5.74) is 7.33. The fourth-order valence-electron chi connectivity index (χ4n) is 2.61. The van der Waals surface area contributed by atoms with E-state index in [2.05, 4.69) is 21.5 Å². The molecule has 3 amide bonds. The lowest BCUT2D eigenvalue weighted by Gasteiger charge is -2.10. The number of anilines is 1. The number of thiocarbonyl (C=S) groups is 1. The van der Waals surface area contributed by atoms with E-state index < -0.39 is 11.8 Å². The minimum atomic E-state index is -0.452. The van der Waals surface area contributed by atoms with Crippen LogP contribution in [0.2, 0.25) is 0 Å². The Balaban J connectivity index is 1.46. The van der Waals surface area contributed by atoms with Crippen LogP contribution in [0.25, 0.3) is 6.08 Å². The van der Waals surface area contributed by atoms with Gasteiger partial charge >= 0.3 is 0 Å². The second-order valence-electron chi connectivity index (χ2n) is 6.65. The van der Waals surface area contributed by atoms with E-state index in [0.29, 0.717) is 16.8 Å². The molecule has 0 saturated carbocycles. The van der Waals surface area contributed by atoms with Crippen molar-refractivity contribution in [3.63, 3.8) is 0 Å². The number of hydrogen-bond donors (Lipinski definition) is 4. The van der Waals surface area contributed by atoms with Crippen molar-refractivity contribution in [3.05, 3.63) is 93.7 Å². The number of aryl methyl sites for hydroxylation is 1. The second kappa shape index (κ2) is 11.0. The first-order valence-corrected chi connectivity index (χ1v) is 10.8. The van der Waals surface area contributed by atoms with Gasteiger partial charge in [0.2, 0.25) is 5.91 Å². The largest absolute Gasteiger partial charge is 0.322 e. The Morgan fingerprint density at radius 1 is 0.906 bits per heavy atom. The van der Waals surface area contributed by atoms with Gasteiger partial charge in [-0.1, -0.05) is 23.8 Å². The SMILES string of the molecule is Cc1cccc(C(=O)Nc2ccc(C(=O)NNC(=S)NC(=O)C=Cc3cccs3)cc2)c1. The summed E-state index contributed by atoms with van der Waals surface area (Å²) in [7, 11) is 0. The van der Waals surface area contributed by atoms with Crippen molar-refractivity contribution in [3.8, 4) is 0 Å². The van der Waals surface area contributed by atoms with Gasteiger partial charge in [0.25, 0.3) is 11.8 Å². The van der Waals surface area contributed by atoms with Crippen LogP contribution in [-0.4, -0.2) is 22.8 Å². The maximum atomic E-state index is 12.3. The van der Waals surface area contributed by atoms with Crippen molar-refractivity contribution >= 4 is 58.2 Å². The maximum absolute atomic E-state index is 12.3. The van der Waals surface area contributed by atoms with Crippen molar-refractivity contribution in [2.24, 2.45) is 0 Å². The third kappa shape index (κ3) is 6.86. The molecule has 0 radical (unpaired) electrons. The zero-order valence-electron chi connectivity index (χ0n) is 17.0. The Kier molecular flexibility index (Phi) is 7.85. The zero-order valence-corrected chi connectivity index (χ0v) is 18.7. The number of carbonyl (C=O) groups is 3. The molecule has 9 heteroatoms. The molecule has 3 aromatic rings. The van der Waals surface area contributed by atoms with Gasteiger partial charge in [0.1, 0.15) is 0 Å². The van der Waals surface area contributed by atoms with Crippen molar-refractivity contribution in [2.45, 2.75) is 6.92 Å². The molecule has 0 spiro atoms. The van der Waals surface area contributed by atoms with Gasteiger partial charge in [0.15, 0.2) is 5.11 Å². The molecule has 0 aliphatic carbocycles. The van der Waals surface area contributed by atoms with Crippen LogP contribution in [0.4, 0.5) is 5.69 Å². The van der Waals surface area contributed by atoms with E-state index in [4.69, 9.17) is 12.2 Å². The molecule has 0 aliphatic rings. The van der Waals surface area contributed by atoms with Gasteiger partial charge in [-0.05, 0) is 73.1 Å². The average molecular weight is 465 g/mol.